The minimum absolute atomic E-state index is 0.183. The Morgan fingerprint density at radius 2 is 2.18 bits per heavy atom. The van der Waals surface area contributed by atoms with Gasteiger partial charge in [0.25, 0.3) is 0 Å². The number of alkyl halides is 1. The Hall–Kier alpha value is -0.210. The van der Waals surface area contributed by atoms with Crippen molar-refractivity contribution in [3.05, 3.63) is 10.4 Å². The highest BCUT2D eigenvalue weighted by atomic mass is 79.9. The van der Waals surface area contributed by atoms with E-state index in [4.69, 9.17) is 5.53 Å². The van der Waals surface area contributed by atoms with Gasteiger partial charge < -0.3 is 0 Å². The third-order valence-electron chi connectivity index (χ3n) is 2.30. The number of azide groups is 1. The Labute approximate surface area is 74.9 Å². The van der Waals surface area contributed by atoms with E-state index in [1.165, 1.54) is 25.7 Å². The number of halogens is 1. The molecule has 0 N–H and O–H groups in total. The zero-order valence-electron chi connectivity index (χ0n) is 6.41. The summed E-state index contributed by atoms with van der Waals surface area (Å²) in [5.41, 5.74) is 8.27. The minimum Gasteiger partial charge on any atom is -0.0924 e. The zero-order chi connectivity index (χ0) is 8.10. The maximum atomic E-state index is 8.27. The lowest BCUT2D eigenvalue weighted by Gasteiger charge is -2.14. The van der Waals surface area contributed by atoms with Crippen LogP contribution in [0.25, 0.3) is 10.4 Å². The normalized spacial score (nSPS) is 21.2. The summed E-state index contributed by atoms with van der Waals surface area (Å²) in [6, 6.07) is 0.183. The van der Waals surface area contributed by atoms with Crippen LogP contribution in [0, 0.1) is 5.92 Å². The summed E-state index contributed by atoms with van der Waals surface area (Å²) in [6.45, 7) is 0. The lowest BCUT2D eigenvalue weighted by atomic mass is 10.0. The van der Waals surface area contributed by atoms with Gasteiger partial charge in [0, 0.05) is 16.3 Å². The Bertz CT molecular complexity index is 159. The van der Waals surface area contributed by atoms with E-state index in [-0.39, 0.29) is 6.04 Å². The molecule has 0 aromatic heterocycles. The van der Waals surface area contributed by atoms with Gasteiger partial charge in [0.15, 0.2) is 0 Å². The van der Waals surface area contributed by atoms with Gasteiger partial charge in [-0.3, -0.25) is 0 Å². The fourth-order valence-electron chi connectivity index (χ4n) is 1.66. The van der Waals surface area contributed by atoms with E-state index in [1.54, 1.807) is 0 Å². The van der Waals surface area contributed by atoms with Crippen LogP contribution in [0.15, 0.2) is 5.11 Å². The second-order valence-corrected chi connectivity index (χ2v) is 3.62. The summed E-state index contributed by atoms with van der Waals surface area (Å²) in [5, 5.41) is 4.57. The van der Waals surface area contributed by atoms with Gasteiger partial charge in [-0.25, -0.2) is 0 Å². The largest absolute Gasteiger partial charge is 0.0924 e. The second kappa shape index (κ2) is 4.62. The van der Waals surface area contributed by atoms with E-state index in [1.807, 2.05) is 0 Å². The Balaban J connectivity index is 2.45. The molecule has 0 amide bonds. The lowest BCUT2D eigenvalue weighted by Crippen LogP contribution is -2.16. The summed E-state index contributed by atoms with van der Waals surface area (Å²) in [7, 11) is 0. The van der Waals surface area contributed by atoms with Gasteiger partial charge in [0.05, 0.1) is 0 Å². The number of nitrogens with zero attached hydrogens (tertiary/aromatic N) is 3. The van der Waals surface area contributed by atoms with Crippen LogP contribution in [0.4, 0.5) is 0 Å². The average Bonchev–Trinajstić information content (AvgIpc) is 2.52. The van der Waals surface area contributed by atoms with Crippen molar-refractivity contribution >= 4 is 15.9 Å². The van der Waals surface area contributed by atoms with Crippen LogP contribution < -0.4 is 0 Å². The summed E-state index contributed by atoms with van der Waals surface area (Å²) < 4.78 is 0. The zero-order valence-corrected chi connectivity index (χ0v) is 8.00. The third-order valence-corrected chi connectivity index (χ3v) is 2.97. The Kier molecular flexibility index (Phi) is 3.73. The highest BCUT2D eigenvalue weighted by Gasteiger charge is 2.22. The van der Waals surface area contributed by atoms with Crippen molar-refractivity contribution in [2.24, 2.45) is 11.0 Å². The molecular formula is C7H12BrN3. The smallest absolute Gasteiger partial charge is 0.0499 e. The molecule has 1 aliphatic carbocycles. The summed E-state index contributed by atoms with van der Waals surface area (Å²) in [6.07, 6.45) is 5.06. The van der Waals surface area contributed by atoms with Crippen molar-refractivity contribution in [2.45, 2.75) is 31.7 Å². The number of hydrogen-bond acceptors (Lipinski definition) is 1. The first-order valence-electron chi connectivity index (χ1n) is 3.98. The van der Waals surface area contributed by atoms with E-state index in [9.17, 15) is 0 Å². The molecule has 1 unspecified atom stereocenters. The topological polar surface area (TPSA) is 48.8 Å². The van der Waals surface area contributed by atoms with Crippen LogP contribution >= 0.6 is 15.9 Å². The Morgan fingerprint density at radius 1 is 1.55 bits per heavy atom. The molecule has 1 saturated carbocycles. The molecule has 1 rings (SSSR count). The van der Waals surface area contributed by atoms with Crippen molar-refractivity contribution in [3.63, 3.8) is 0 Å². The molecular weight excluding hydrogens is 206 g/mol. The van der Waals surface area contributed by atoms with E-state index in [0.29, 0.717) is 5.92 Å². The maximum Gasteiger partial charge on any atom is 0.0499 e. The molecule has 1 atom stereocenters. The third kappa shape index (κ3) is 2.38. The maximum absolute atomic E-state index is 8.27. The molecule has 3 nitrogen and oxygen atoms in total. The van der Waals surface area contributed by atoms with Gasteiger partial charge in [-0.1, -0.05) is 46.7 Å². The van der Waals surface area contributed by atoms with Gasteiger partial charge in [0.2, 0.25) is 0 Å². The highest BCUT2D eigenvalue weighted by molar-refractivity contribution is 9.09. The van der Waals surface area contributed by atoms with Crippen molar-refractivity contribution in [3.8, 4) is 0 Å². The van der Waals surface area contributed by atoms with Crippen LogP contribution in [0.5, 0.6) is 0 Å². The molecule has 0 radical (unpaired) electrons. The first kappa shape index (κ1) is 8.88. The number of rotatable bonds is 3. The predicted octanol–water partition coefficient (Wildman–Crippen LogP) is 3.25. The van der Waals surface area contributed by atoms with Gasteiger partial charge in [-0.15, -0.1) is 0 Å². The minimum atomic E-state index is 0.183. The highest BCUT2D eigenvalue weighted by Crippen LogP contribution is 2.30. The van der Waals surface area contributed by atoms with Gasteiger partial charge >= 0.3 is 0 Å². The summed E-state index contributed by atoms with van der Waals surface area (Å²) in [4.78, 5) is 2.85. The monoisotopic (exact) mass is 217 g/mol. The molecule has 0 saturated heterocycles. The standard InChI is InChI=1S/C7H12BrN3/c8-5-7(10-11-9)6-3-1-2-4-6/h6-7H,1-5H2. The van der Waals surface area contributed by atoms with Gasteiger partial charge in [-0.2, -0.15) is 0 Å². The van der Waals surface area contributed by atoms with E-state index < -0.39 is 0 Å². The SMILES string of the molecule is [N-]=[N+]=NC(CBr)C1CCCC1. The van der Waals surface area contributed by atoms with E-state index >= 15 is 0 Å². The quantitative estimate of drug-likeness (QED) is 0.302. The molecule has 0 heterocycles. The van der Waals surface area contributed by atoms with Crippen LogP contribution in [0.3, 0.4) is 0 Å². The molecule has 0 aliphatic heterocycles. The van der Waals surface area contributed by atoms with Crippen LogP contribution in [0.1, 0.15) is 25.7 Å². The predicted molar refractivity (Wildman–Crippen MR) is 48.7 cm³/mol. The van der Waals surface area contributed by atoms with E-state index in [2.05, 4.69) is 26.0 Å². The second-order valence-electron chi connectivity index (χ2n) is 2.97. The summed E-state index contributed by atoms with van der Waals surface area (Å²) in [5.74, 6) is 0.630. The van der Waals surface area contributed by atoms with Crippen LogP contribution in [-0.4, -0.2) is 11.4 Å². The molecule has 1 fully saturated rings. The van der Waals surface area contributed by atoms with Gasteiger partial charge in [-0.05, 0) is 11.4 Å². The Morgan fingerprint density at radius 3 is 2.64 bits per heavy atom. The first-order chi connectivity index (χ1) is 5.38. The van der Waals surface area contributed by atoms with Crippen LogP contribution in [0.2, 0.25) is 0 Å². The van der Waals surface area contributed by atoms with Crippen molar-refractivity contribution in [1.82, 2.24) is 0 Å². The first-order valence-corrected chi connectivity index (χ1v) is 5.11. The number of hydrogen-bond donors (Lipinski definition) is 0. The van der Waals surface area contributed by atoms with Crippen molar-refractivity contribution < 1.29 is 0 Å². The molecule has 0 aromatic carbocycles. The lowest BCUT2D eigenvalue weighted by molar-refractivity contribution is 0.464. The fraction of sp³-hybridized carbons (Fsp3) is 1.00. The summed E-state index contributed by atoms with van der Waals surface area (Å²) >= 11 is 3.36. The fourth-order valence-corrected chi connectivity index (χ4v) is 2.32. The molecule has 0 aromatic rings. The van der Waals surface area contributed by atoms with Gasteiger partial charge in [0.1, 0.15) is 0 Å². The molecule has 62 valence electrons. The molecule has 4 heteroatoms. The van der Waals surface area contributed by atoms with Crippen molar-refractivity contribution in [2.75, 3.05) is 5.33 Å². The van der Waals surface area contributed by atoms with Crippen LogP contribution in [-0.2, 0) is 0 Å². The van der Waals surface area contributed by atoms with E-state index in [0.717, 1.165) is 5.33 Å². The average molecular weight is 218 g/mol. The molecule has 1 aliphatic rings. The molecule has 0 spiro atoms. The molecule has 11 heavy (non-hydrogen) atoms. The van der Waals surface area contributed by atoms with Crippen molar-refractivity contribution in [1.29, 1.82) is 0 Å². The molecule has 0 bridgehead atoms.